The van der Waals surface area contributed by atoms with Crippen molar-refractivity contribution in [1.29, 1.82) is 0 Å². The quantitative estimate of drug-likeness (QED) is 0.870. The lowest BCUT2D eigenvalue weighted by atomic mass is 10.1. The molecule has 5 heteroatoms. The Morgan fingerprint density at radius 3 is 2.94 bits per heavy atom. The molecule has 1 N–H and O–H groups in total. The highest BCUT2D eigenvalue weighted by Crippen LogP contribution is 2.28. The van der Waals surface area contributed by atoms with Gasteiger partial charge in [0.05, 0.1) is 19.1 Å². The number of aliphatic hydroxyl groups excluding tert-OH is 1. The molecule has 1 unspecified atom stereocenters. The third-order valence-electron chi connectivity index (χ3n) is 1.98. The third-order valence-corrected chi connectivity index (χ3v) is 2.82. The molecule has 0 saturated heterocycles. The average Bonchev–Trinajstić information content (AvgIpc) is 2.21. The summed E-state index contributed by atoms with van der Waals surface area (Å²) in [7, 11) is 0. The number of rotatable bonds is 4. The molecule has 88 valence electrons. The van der Waals surface area contributed by atoms with Gasteiger partial charge in [-0.25, -0.2) is 0 Å². The monoisotopic (exact) mass is 306 g/mol. The van der Waals surface area contributed by atoms with Gasteiger partial charge < -0.3 is 9.84 Å². The van der Waals surface area contributed by atoms with E-state index in [9.17, 15) is 9.90 Å². The highest BCUT2D eigenvalue weighted by molar-refractivity contribution is 9.10. The minimum atomic E-state index is -0.941. The van der Waals surface area contributed by atoms with Gasteiger partial charge in [-0.3, -0.25) is 4.79 Å². The van der Waals surface area contributed by atoms with Crippen molar-refractivity contribution in [2.75, 3.05) is 6.61 Å². The summed E-state index contributed by atoms with van der Waals surface area (Å²) in [6.45, 7) is 2.02. The molecule has 0 aliphatic rings. The first-order valence-electron chi connectivity index (χ1n) is 4.83. The number of esters is 1. The molecule has 3 nitrogen and oxygen atoms in total. The van der Waals surface area contributed by atoms with Crippen molar-refractivity contribution >= 4 is 33.5 Å². The van der Waals surface area contributed by atoms with E-state index in [0.29, 0.717) is 17.2 Å². The molecule has 0 saturated carbocycles. The summed E-state index contributed by atoms with van der Waals surface area (Å²) in [6, 6.07) is 5.12. The number of carbonyl (C=O) groups is 1. The van der Waals surface area contributed by atoms with Crippen molar-refractivity contribution in [2.24, 2.45) is 0 Å². The lowest BCUT2D eigenvalue weighted by molar-refractivity contribution is -0.145. The van der Waals surface area contributed by atoms with Gasteiger partial charge in [0, 0.05) is 15.1 Å². The van der Waals surface area contributed by atoms with Crippen molar-refractivity contribution in [2.45, 2.75) is 19.4 Å². The molecule has 0 heterocycles. The average molecular weight is 308 g/mol. The van der Waals surface area contributed by atoms with Gasteiger partial charge >= 0.3 is 5.97 Å². The summed E-state index contributed by atoms with van der Waals surface area (Å²) >= 11 is 9.19. The van der Waals surface area contributed by atoms with E-state index < -0.39 is 12.1 Å². The van der Waals surface area contributed by atoms with Gasteiger partial charge in [-0.05, 0) is 25.1 Å². The minimum Gasteiger partial charge on any atom is -0.466 e. The Morgan fingerprint density at radius 2 is 2.31 bits per heavy atom. The maximum Gasteiger partial charge on any atom is 0.308 e. The molecule has 1 rings (SSSR count). The van der Waals surface area contributed by atoms with Crippen LogP contribution in [0.1, 0.15) is 25.0 Å². The Kier molecular flexibility index (Phi) is 5.25. The summed E-state index contributed by atoms with van der Waals surface area (Å²) in [5.74, 6) is -0.439. The normalized spacial score (nSPS) is 12.2. The third kappa shape index (κ3) is 3.77. The van der Waals surface area contributed by atoms with E-state index in [-0.39, 0.29) is 6.42 Å². The van der Waals surface area contributed by atoms with E-state index in [1.165, 1.54) is 0 Å². The zero-order valence-electron chi connectivity index (χ0n) is 8.74. The van der Waals surface area contributed by atoms with Crippen LogP contribution in [0.5, 0.6) is 0 Å². The molecule has 0 aromatic heterocycles. The predicted molar refractivity (Wildman–Crippen MR) is 65.4 cm³/mol. The molecule has 16 heavy (non-hydrogen) atoms. The molecular formula is C11H12BrClO3. The SMILES string of the molecule is CCOC(=O)CC(O)c1cc(Br)ccc1Cl. The Bertz CT molecular complexity index is 381. The Hall–Kier alpha value is -0.580. The zero-order valence-corrected chi connectivity index (χ0v) is 11.1. The van der Waals surface area contributed by atoms with E-state index in [0.717, 1.165) is 4.47 Å². The van der Waals surface area contributed by atoms with E-state index in [2.05, 4.69) is 15.9 Å². The van der Waals surface area contributed by atoms with Gasteiger partial charge in [0.2, 0.25) is 0 Å². The molecule has 1 aromatic carbocycles. The molecule has 0 fully saturated rings. The summed E-state index contributed by atoms with van der Waals surface area (Å²) < 4.78 is 5.55. The van der Waals surface area contributed by atoms with Gasteiger partial charge in [0.15, 0.2) is 0 Å². The zero-order chi connectivity index (χ0) is 12.1. The van der Waals surface area contributed by atoms with Crippen LogP contribution in [0.25, 0.3) is 0 Å². The molecule has 1 aromatic rings. The lowest BCUT2D eigenvalue weighted by Gasteiger charge is -2.12. The second kappa shape index (κ2) is 6.23. The van der Waals surface area contributed by atoms with Crippen LogP contribution in [-0.2, 0) is 9.53 Å². The largest absolute Gasteiger partial charge is 0.466 e. The van der Waals surface area contributed by atoms with Crippen LogP contribution in [-0.4, -0.2) is 17.7 Å². The van der Waals surface area contributed by atoms with Crippen molar-refractivity contribution in [3.8, 4) is 0 Å². The summed E-state index contributed by atoms with van der Waals surface area (Å²) in [5.41, 5.74) is 0.518. The standard InChI is InChI=1S/C11H12BrClO3/c1-2-16-11(15)6-10(14)8-5-7(12)3-4-9(8)13/h3-5,10,14H,2,6H2,1H3. The molecule has 0 aliphatic carbocycles. The van der Waals surface area contributed by atoms with Crippen LogP contribution in [0.3, 0.4) is 0 Å². The number of benzene rings is 1. The topological polar surface area (TPSA) is 46.5 Å². The van der Waals surface area contributed by atoms with Crippen molar-refractivity contribution in [3.63, 3.8) is 0 Å². The highest BCUT2D eigenvalue weighted by Gasteiger charge is 2.16. The second-order valence-electron chi connectivity index (χ2n) is 3.19. The summed E-state index contributed by atoms with van der Waals surface area (Å²) in [6.07, 6.45) is -1.03. The number of ether oxygens (including phenoxy) is 1. The van der Waals surface area contributed by atoms with E-state index in [1.54, 1.807) is 25.1 Å². The van der Waals surface area contributed by atoms with Crippen LogP contribution in [0, 0.1) is 0 Å². The maximum atomic E-state index is 11.2. The number of hydrogen-bond donors (Lipinski definition) is 1. The Labute approximate surface area is 107 Å². The van der Waals surface area contributed by atoms with Gasteiger partial charge in [0.25, 0.3) is 0 Å². The molecule has 0 amide bonds. The van der Waals surface area contributed by atoms with E-state index in [4.69, 9.17) is 16.3 Å². The van der Waals surface area contributed by atoms with E-state index >= 15 is 0 Å². The first kappa shape index (κ1) is 13.5. The molecule has 0 bridgehead atoms. The summed E-state index contributed by atoms with van der Waals surface area (Å²) in [5, 5.41) is 10.2. The maximum absolute atomic E-state index is 11.2. The van der Waals surface area contributed by atoms with Gasteiger partial charge in [-0.15, -0.1) is 0 Å². The molecule has 0 radical (unpaired) electrons. The minimum absolute atomic E-state index is 0.0932. The van der Waals surface area contributed by atoms with E-state index in [1.807, 2.05) is 0 Å². The Balaban J connectivity index is 2.76. The molecular weight excluding hydrogens is 295 g/mol. The first-order valence-corrected chi connectivity index (χ1v) is 6.00. The summed E-state index contributed by atoms with van der Waals surface area (Å²) in [4.78, 5) is 11.2. The first-order chi connectivity index (χ1) is 7.54. The van der Waals surface area contributed by atoms with Crippen molar-refractivity contribution < 1.29 is 14.6 Å². The lowest BCUT2D eigenvalue weighted by Crippen LogP contribution is -2.10. The van der Waals surface area contributed by atoms with Crippen molar-refractivity contribution in [3.05, 3.63) is 33.3 Å². The number of hydrogen-bond acceptors (Lipinski definition) is 3. The fourth-order valence-corrected chi connectivity index (χ4v) is 1.88. The highest BCUT2D eigenvalue weighted by atomic mass is 79.9. The fourth-order valence-electron chi connectivity index (χ4n) is 1.26. The van der Waals surface area contributed by atoms with Crippen LogP contribution in [0.2, 0.25) is 5.02 Å². The number of aliphatic hydroxyl groups is 1. The van der Waals surface area contributed by atoms with Crippen LogP contribution in [0.15, 0.2) is 22.7 Å². The van der Waals surface area contributed by atoms with Crippen LogP contribution in [0.4, 0.5) is 0 Å². The number of carbonyl (C=O) groups excluding carboxylic acids is 1. The number of halogens is 2. The van der Waals surface area contributed by atoms with Crippen LogP contribution < -0.4 is 0 Å². The predicted octanol–water partition coefficient (Wildman–Crippen LogP) is 3.09. The van der Waals surface area contributed by atoms with Crippen LogP contribution >= 0.6 is 27.5 Å². The van der Waals surface area contributed by atoms with Gasteiger partial charge in [0.1, 0.15) is 0 Å². The molecule has 0 aliphatic heterocycles. The smallest absolute Gasteiger partial charge is 0.308 e. The fraction of sp³-hybridized carbons (Fsp3) is 0.364. The molecule has 0 spiro atoms. The second-order valence-corrected chi connectivity index (χ2v) is 4.51. The molecule has 1 atom stereocenters. The van der Waals surface area contributed by atoms with Crippen molar-refractivity contribution in [1.82, 2.24) is 0 Å². The van der Waals surface area contributed by atoms with Gasteiger partial charge in [-0.2, -0.15) is 0 Å². The van der Waals surface area contributed by atoms with Gasteiger partial charge in [-0.1, -0.05) is 27.5 Å². The Morgan fingerprint density at radius 1 is 1.62 bits per heavy atom.